The first-order valence-electron chi connectivity index (χ1n) is 8.77. The highest BCUT2D eigenvalue weighted by Crippen LogP contribution is 2.30. The Morgan fingerprint density at radius 3 is 2.10 bits per heavy atom. The predicted octanol–water partition coefficient (Wildman–Crippen LogP) is 6.08. The average molecular weight is 485 g/mol. The third-order valence-corrected chi connectivity index (χ3v) is 6.80. The van der Waals surface area contributed by atoms with E-state index in [9.17, 15) is 13.2 Å². The third-order valence-electron chi connectivity index (χ3n) is 4.09. The summed E-state index contributed by atoms with van der Waals surface area (Å²) in [5.74, 6) is -0.236. The number of nitrogens with zero attached hydrogens (tertiary/aromatic N) is 1. The van der Waals surface area contributed by atoms with Crippen LogP contribution in [-0.2, 0) is 10.0 Å². The van der Waals surface area contributed by atoms with Crippen molar-refractivity contribution < 1.29 is 17.9 Å². The molecule has 0 aliphatic carbocycles. The van der Waals surface area contributed by atoms with E-state index in [2.05, 4.69) is 0 Å². The monoisotopic (exact) mass is 483 g/mol. The summed E-state index contributed by atoms with van der Waals surface area (Å²) in [6.45, 7) is 2.29. The molecule has 3 aromatic carbocycles. The van der Waals surface area contributed by atoms with Crippen LogP contribution in [0.4, 0.5) is 5.69 Å². The largest absolute Gasteiger partial charge is 0.494 e. The first-order valence-corrected chi connectivity index (χ1v) is 11.3. The number of amides is 1. The van der Waals surface area contributed by atoms with E-state index in [0.29, 0.717) is 21.7 Å². The minimum absolute atomic E-state index is 0.0656. The molecule has 5 nitrogen and oxygen atoms in total. The van der Waals surface area contributed by atoms with E-state index in [1.54, 1.807) is 12.1 Å². The molecule has 0 spiro atoms. The van der Waals surface area contributed by atoms with Gasteiger partial charge in [-0.2, -0.15) is 4.31 Å². The smallest absolute Gasteiger partial charge is 0.272 e. The topological polar surface area (TPSA) is 63.7 Å². The van der Waals surface area contributed by atoms with Crippen molar-refractivity contribution in [3.63, 3.8) is 0 Å². The lowest BCUT2D eigenvalue weighted by Gasteiger charge is -2.23. The lowest BCUT2D eigenvalue weighted by atomic mass is 10.2. The van der Waals surface area contributed by atoms with Gasteiger partial charge in [0.25, 0.3) is 15.9 Å². The van der Waals surface area contributed by atoms with Crippen molar-refractivity contribution in [1.82, 2.24) is 0 Å². The number of halogens is 3. The number of hydrogen-bond acceptors (Lipinski definition) is 4. The molecule has 0 aliphatic heterocycles. The first kappa shape index (κ1) is 22.4. The van der Waals surface area contributed by atoms with E-state index < -0.39 is 15.9 Å². The summed E-state index contributed by atoms with van der Waals surface area (Å²) in [4.78, 5) is 13.2. The third kappa shape index (κ3) is 4.73. The van der Waals surface area contributed by atoms with Gasteiger partial charge < -0.3 is 4.74 Å². The summed E-state index contributed by atoms with van der Waals surface area (Å²) < 4.78 is 32.9. The van der Waals surface area contributed by atoms with Gasteiger partial charge in [-0.05, 0) is 73.7 Å². The van der Waals surface area contributed by atoms with Gasteiger partial charge in [-0.1, -0.05) is 34.8 Å². The number of ether oxygens (including phenoxy) is 1. The molecule has 0 aliphatic rings. The molecule has 9 heteroatoms. The number of rotatable bonds is 6. The Balaban J connectivity index is 2.13. The van der Waals surface area contributed by atoms with E-state index in [0.717, 1.165) is 0 Å². The highest BCUT2D eigenvalue weighted by molar-refractivity contribution is 7.93. The summed E-state index contributed by atoms with van der Waals surface area (Å²) in [5.41, 5.74) is 0.209. The van der Waals surface area contributed by atoms with Crippen molar-refractivity contribution in [2.75, 3.05) is 10.9 Å². The maximum atomic E-state index is 13.4. The molecule has 0 N–H and O–H groups in total. The number of carbonyl (C=O) groups is 1. The second-order valence-electron chi connectivity index (χ2n) is 6.08. The summed E-state index contributed by atoms with van der Waals surface area (Å²) in [6, 6.07) is 15.9. The summed E-state index contributed by atoms with van der Waals surface area (Å²) in [7, 11) is -4.26. The molecular weight excluding hydrogens is 469 g/mol. The highest BCUT2D eigenvalue weighted by Gasteiger charge is 2.32. The second-order valence-corrected chi connectivity index (χ2v) is 9.12. The zero-order chi connectivity index (χ0) is 21.9. The van der Waals surface area contributed by atoms with Crippen molar-refractivity contribution >= 4 is 56.4 Å². The lowest BCUT2D eigenvalue weighted by molar-refractivity contribution is 0.101. The standard InChI is InChI=1S/C21H16Cl3NO4S/c1-2-29-17-8-6-16(7-9-17)25(21(26)14-3-12-19(23)20(24)13-14)30(27,28)18-10-4-15(22)5-11-18/h3-13H,2H2,1H3. The van der Waals surface area contributed by atoms with Crippen molar-refractivity contribution in [3.8, 4) is 5.75 Å². The fourth-order valence-corrected chi connectivity index (χ4v) is 4.51. The zero-order valence-corrected chi connectivity index (χ0v) is 18.8. The number of benzene rings is 3. The molecule has 0 unspecified atom stereocenters. The van der Waals surface area contributed by atoms with Gasteiger partial charge in [0.1, 0.15) is 5.75 Å². The molecule has 156 valence electrons. The van der Waals surface area contributed by atoms with Crippen LogP contribution in [-0.4, -0.2) is 20.9 Å². The van der Waals surface area contributed by atoms with Crippen LogP contribution in [0, 0.1) is 0 Å². The van der Waals surface area contributed by atoms with Crippen molar-refractivity contribution in [2.24, 2.45) is 0 Å². The van der Waals surface area contributed by atoms with Crippen LogP contribution in [0.2, 0.25) is 15.1 Å². The van der Waals surface area contributed by atoms with Crippen molar-refractivity contribution in [3.05, 3.63) is 87.4 Å². The maximum absolute atomic E-state index is 13.4. The lowest BCUT2D eigenvalue weighted by Crippen LogP contribution is -2.37. The Labute approximate surface area is 189 Å². The molecule has 0 fully saturated rings. The van der Waals surface area contributed by atoms with Crippen LogP contribution in [0.1, 0.15) is 17.3 Å². The molecule has 1 amide bonds. The van der Waals surface area contributed by atoms with Gasteiger partial charge in [0, 0.05) is 10.6 Å². The summed E-state index contributed by atoms with van der Waals surface area (Å²) >= 11 is 17.8. The maximum Gasteiger partial charge on any atom is 0.272 e. The fourth-order valence-electron chi connectivity index (χ4n) is 2.67. The van der Waals surface area contributed by atoms with E-state index in [4.69, 9.17) is 39.5 Å². The van der Waals surface area contributed by atoms with Crippen molar-refractivity contribution in [2.45, 2.75) is 11.8 Å². The Morgan fingerprint density at radius 2 is 1.53 bits per heavy atom. The average Bonchev–Trinajstić information content (AvgIpc) is 2.72. The zero-order valence-electron chi connectivity index (χ0n) is 15.7. The first-order chi connectivity index (χ1) is 14.2. The molecule has 0 bridgehead atoms. The Morgan fingerprint density at radius 1 is 0.900 bits per heavy atom. The van der Waals surface area contributed by atoms with Crippen LogP contribution in [0.5, 0.6) is 5.75 Å². The molecule has 3 aromatic rings. The molecular formula is C21H16Cl3NO4S. The molecule has 0 aromatic heterocycles. The molecule has 0 heterocycles. The molecule has 0 radical (unpaired) electrons. The van der Waals surface area contributed by atoms with Gasteiger partial charge in [0.15, 0.2) is 0 Å². The van der Waals surface area contributed by atoms with Crippen LogP contribution in [0.3, 0.4) is 0 Å². The minimum atomic E-state index is -4.26. The summed E-state index contributed by atoms with van der Waals surface area (Å²) in [5, 5.41) is 0.761. The number of hydrogen-bond donors (Lipinski definition) is 0. The van der Waals surface area contributed by atoms with Gasteiger partial charge in [0.2, 0.25) is 0 Å². The van der Waals surface area contributed by atoms with E-state index in [1.165, 1.54) is 54.6 Å². The molecule has 30 heavy (non-hydrogen) atoms. The Bertz CT molecular complexity index is 1160. The highest BCUT2D eigenvalue weighted by atomic mass is 35.5. The molecule has 0 saturated carbocycles. The molecule has 3 rings (SSSR count). The van der Waals surface area contributed by atoms with Gasteiger partial charge in [0.05, 0.1) is 27.2 Å². The number of anilines is 1. The van der Waals surface area contributed by atoms with Gasteiger partial charge in [-0.15, -0.1) is 0 Å². The van der Waals surface area contributed by atoms with Crippen LogP contribution >= 0.6 is 34.8 Å². The van der Waals surface area contributed by atoms with Crippen molar-refractivity contribution in [1.29, 1.82) is 0 Å². The van der Waals surface area contributed by atoms with Crippen LogP contribution < -0.4 is 9.04 Å². The SMILES string of the molecule is CCOc1ccc(N(C(=O)c2ccc(Cl)c(Cl)c2)S(=O)(=O)c2ccc(Cl)cc2)cc1. The molecule has 0 saturated heterocycles. The quantitative estimate of drug-likeness (QED) is 0.425. The Kier molecular flexibility index (Phi) is 6.93. The predicted molar refractivity (Wildman–Crippen MR) is 120 cm³/mol. The molecule has 0 atom stereocenters. The van der Waals surface area contributed by atoms with Crippen LogP contribution in [0.25, 0.3) is 0 Å². The van der Waals surface area contributed by atoms with Gasteiger partial charge in [-0.3, -0.25) is 4.79 Å². The Hall–Kier alpha value is -2.25. The number of sulfonamides is 1. The second kappa shape index (κ2) is 9.27. The van der Waals surface area contributed by atoms with Gasteiger partial charge in [-0.25, -0.2) is 8.42 Å². The number of carbonyl (C=O) groups excluding carboxylic acids is 1. The van der Waals surface area contributed by atoms with E-state index in [1.807, 2.05) is 6.92 Å². The normalized spacial score (nSPS) is 11.2. The van der Waals surface area contributed by atoms with E-state index in [-0.39, 0.29) is 26.2 Å². The summed E-state index contributed by atoms with van der Waals surface area (Å²) in [6.07, 6.45) is 0. The fraction of sp³-hybridized carbons (Fsp3) is 0.0952. The van der Waals surface area contributed by atoms with E-state index >= 15 is 0 Å². The van der Waals surface area contributed by atoms with Gasteiger partial charge >= 0.3 is 0 Å². The van der Waals surface area contributed by atoms with Crippen LogP contribution in [0.15, 0.2) is 71.6 Å². The minimum Gasteiger partial charge on any atom is -0.494 e.